The Morgan fingerprint density at radius 1 is 1.26 bits per heavy atom. The van der Waals surface area contributed by atoms with Gasteiger partial charge < -0.3 is 15.0 Å². The first-order chi connectivity index (χ1) is 9.33. The summed E-state index contributed by atoms with van der Waals surface area (Å²) in [4.78, 5) is 2.48. The minimum atomic E-state index is 0.370. The van der Waals surface area contributed by atoms with Gasteiger partial charge in [-0.3, -0.25) is 0 Å². The van der Waals surface area contributed by atoms with E-state index in [0.717, 1.165) is 38.2 Å². The van der Waals surface area contributed by atoms with Gasteiger partial charge in [-0.15, -0.1) is 0 Å². The Kier molecular flexibility index (Phi) is 4.16. The van der Waals surface area contributed by atoms with E-state index in [1.54, 1.807) is 0 Å². The van der Waals surface area contributed by atoms with Gasteiger partial charge in [-0.2, -0.15) is 0 Å². The van der Waals surface area contributed by atoms with Crippen LogP contribution < -0.4 is 5.32 Å². The predicted octanol–water partition coefficient (Wildman–Crippen LogP) is 1.85. The van der Waals surface area contributed by atoms with Crippen molar-refractivity contribution in [3.05, 3.63) is 35.9 Å². The van der Waals surface area contributed by atoms with Crippen molar-refractivity contribution < 1.29 is 4.74 Å². The second kappa shape index (κ2) is 6.04. The van der Waals surface area contributed by atoms with Crippen LogP contribution in [0.3, 0.4) is 0 Å². The molecular weight excluding hydrogens is 236 g/mol. The number of likely N-dealkylation sites (N-methyl/N-ethyl adjacent to an activating group) is 1. The maximum Gasteiger partial charge on any atom is 0.0826 e. The molecule has 0 spiro atoms. The Bertz CT molecular complexity index is 383. The maximum atomic E-state index is 5.77. The normalized spacial score (nSPS) is 31.2. The Morgan fingerprint density at radius 2 is 2.05 bits per heavy atom. The van der Waals surface area contributed by atoms with Crippen LogP contribution in [-0.4, -0.2) is 50.3 Å². The van der Waals surface area contributed by atoms with E-state index in [-0.39, 0.29) is 0 Å². The summed E-state index contributed by atoms with van der Waals surface area (Å²) in [6.45, 7) is 3.91. The second-order valence-electron chi connectivity index (χ2n) is 5.87. The molecular formula is C16H24N2O. The number of ether oxygens (including phenoxy) is 1. The Balaban J connectivity index is 1.45. The highest BCUT2D eigenvalue weighted by atomic mass is 16.5. The molecule has 3 heteroatoms. The van der Waals surface area contributed by atoms with Crippen molar-refractivity contribution in [1.29, 1.82) is 0 Å². The van der Waals surface area contributed by atoms with E-state index in [4.69, 9.17) is 4.74 Å². The highest BCUT2D eigenvalue weighted by molar-refractivity contribution is 5.22. The summed E-state index contributed by atoms with van der Waals surface area (Å²) < 4.78 is 5.77. The van der Waals surface area contributed by atoms with E-state index in [1.165, 1.54) is 18.4 Å². The summed E-state index contributed by atoms with van der Waals surface area (Å²) >= 11 is 0. The van der Waals surface area contributed by atoms with Crippen molar-refractivity contribution >= 4 is 0 Å². The fourth-order valence-corrected chi connectivity index (χ4v) is 3.15. The van der Waals surface area contributed by atoms with Crippen LogP contribution in [0.4, 0.5) is 0 Å². The smallest absolute Gasteiger partial charge is 0.0826 e. The zero-order valence-corrected chi connectivity index (χ0v) is 11.7. The lowest BCUT2D eigenvalue weighted by atomic mass is 9.75. The molecule has 1 aromatic carbocycles. The van der Waals surface area contributed by atoms with Gasteiger partial charge in [-0.05, 0) is 31.4 Å². The fraction of sp³-hybridized carbons (Fsp3) is 0.625. The van der Waals surface area contributed by atoms with Crippen LogP contribution in [0.25, 0.3) is 0 Å². The number of hydrogen-bond acceptors (Lipinski definition) is 3. The first-order valence-corrected chi connectivity index (χ1v) is 7.40. The molecule has 1 saturated carbocycles. The predicted molar refractivity (Wildman–Crippen MR) is 77.4 cm³/mol. The maximum absolute atomic E-state index is 5.77. The molecule has 0 radical (unpaired) electrons. The van der Waals surface area contributed by atoms with Crippen LogP contribution in [0, 0.1) is 0 Å². The largest absolute Gasteiger partial charge is 0.374 e. The molecule has 0 amide bonds. The van der Waals surface area contributed by atoms with Gasteiger partial charge in [0, 0.05) is 25.7 Å². The molecule has 1 aromatic rings. The molecule has 1 heterocycles. The minimum absolute atomic E-state index is 0.370. The first-order valence-electron chi connectivity index (χ1n) is 7.40. The third kappa shape index (κ3) is 3.16. The van der Waals surface area contributed by atoms with Gasteiger partial charge in [0.05, 0.1) is 12.7 Å². The van der Waals surface area contributed by atoms with E-state index in [1.807, 2.05) is 0 Å². The van der Waals surface area contributed by atoms with Crippen LogP contribution in [-0.2, 0) is 4.74 Å². The van der Waals surface area contributed by atoms with Crippen LogP contribution in [0.15, 0.2) is 30.3 Å². The molecule has 2 aliphatic rings. The van der Waals surface area contributed by atoms with Crippen molar-refractivity contribution in [2.24, 2.45) is 0 Å². The summed E-state index contributed by atoms with van der Waals surface area (Å²) in [7, 11) is 2.24. The van der Waals surface area contributed by atoms with Crippen LogP contribution in [0.1, 0.15) is 24.3 Å². The van der Waals surface area contributed by atoms with Gasteiger partial charge in [0.25, 0.3) is 0 Å². The van der Waals surface area contributed by atoms with E-state index < -0.39 is 0 Å². The van der Waals surface area contributed by atoms with Gasteiger partial charge in [0.1, 0.15) is 0 Å². The molecule has 3 nitrogen and oxygen atoms in total. The summed E-state index contributed by atoms with van der Waals surface area (Å²) in [5.74, 6) is 0.763. The van der Waals surface area contributed by atoms with Crippen LogP contribution in [0.5, 0.6) is 0 Å². The number of nitrogens with zero attached hydrogens (tertiary/aromatic N) is 1. The molecule has 104 valence electrons. The van der Waals surface area contributed by atoms with E-state index in [9.17, 15) is 0 Å². The first kappa shape index (κ1) is 13.1. The summed E-state index contributed by atoms with van der Waals surface area (Å²) in [6, 6.07) is 11.6. The number of morpholine rings is 1. The Labute approximate surface area is 115 Å². The molecule has 2 fully saturated rings. The molecule has 0 bridgehead atoms. The molecule has 3 rings (SSSR count). The molecule has 1 saturated heterocycles. The molecule has 19 heavy (non-hydrogen) atoms. The second-order valence-corrected chi connectivity index (χ2v) is 5.87. The zero-order chi connectivity index (χ0) is 13.1. The third-order valence-electron chi connectivity index (χ3n) is 4.50. The zero-order valence-electron chi connectivity index (χ0n) is 11.7. The number of benzene rings is 1. The fourth-order valence-electron chi connectivity index (χ4n) is 3.15. The van der Waals surface area contributed by atoms with E-state index in [0.29, 0.717) is 6.10 Å². The van der Waals surface area contributed by atoms with Gasteiger partial charge in [0.2, 0.25) is 0 Å². The van der Waals surface area contributed by atoms with Gasteiger partial charge in [-0.25, -0.2) is 0 Å². The average molecular weight is 260 g/mol. The highest BCUT2D eigenvalue weighted by Gasteiger charge is 2.33. The van der Waals surface area contributed by atoms with Gasteiger partial charge in [-0.1, -0.05) is 30.3 Å². The third-order valence-corrected chi connectivity index (χ3v) is 4.50. The molecule has 1 N–H and O–H groups in total. The molecule has 1 unspecified atom stereocenters. The monoisotopic (exact) mass is 260 g/mol. The average Bonchev–Trinajstić information content (AvgIpc) is 2.39. The Morgan fingerprint density at radius 3 is 2.74 bits per heavy atom. The summed E-state index contributed by atoms with van der Waals surface area (Å²) in [5, 5.41) is 3.40. The summed E-state index contributed by atoms with van der Waals surface area (Å²) in [5.41, 5.74) is 1.50. The van der Waals surface area contributed by atoms with Crippen molar-refractivity contribution in [2.75, 3.05) is 33.3 Å². The van der Waals surface area contributed by atoms with E-state index >= 15 is 0 Å². The Hall–Kier alpha value is -0.900. The van der Waals surface area contributed by atoms with Gasteiger partial charge >= 0.3 is 0 Å². The topological polar surface area (TPSA) is 24.5 Å². The van der Waals surface area contributed by atoms with Crippen molar-refractivity contribution in [3.63, 3.8) is 0 Å². The number of hydrogen-bond donors (Lipinski definition) is 1. The SMILES string of the molecule is CN(CC1CNCCO1)C1CC(c2ccccc2)C1. The van der Waals surface area contributed by atoms with Crippen molar-refractivity contribution in [3.8, 4) is 0 Å². The quantitative estimate of drug-likeness (QED) is 0.894. The standard InChI is InChI=1S/C16H24N2O/c1-18(12-16-11-17-7-8-19-16)15-9-14(10-15)13-5-3-2-4-6-13/h2-6,14-17H,7-12H2,1H3. The number of nitrogens with one attached hydrogen (secondary N) is 1. The van der Waals surface area contributed by atoms with Crippen molar-refractivity contribution in [1.82, 2.24) is 10.2 Å². The lowest BCUT2D eigenvalue weighted by molar-refractivity contribution is -0.00690. The minimum Gasteiger partial charge on any atom is -0.374 e. The highest BCUT2D eigenvalue weighted by Crippen LogP contribution is 2.39. The molecule has 1 aliphatic carbocycles. The van der Waals surface area contributed by atoms with Crippen LogP contribution >= 0.6 is 0 Å². The molecule has 1 atom stereocenters. The van der Waals surface area contributed by atoms with E-state index in [2.05, 4.69) is 47.6 Å². The lowest BCUT2D eigenvalue weighted by Gasteiger charge is -2.43. The molecule has 0 aromatic heterocycles. The van der Waals surface area contributed by atoms with Gasteiger partial charge in [0.15, 0.2) is 0 Å². The van der Waals surface area contributed by atoms with Crippen molar-refractivity contribution in [2.45, 2.75) is 30.9 Å². The lowest BCUT2D eigenvalue weighted by Crippen LogP contribution is -2.49. The molecule has 1 aliphatic heterocycles. The van der Waals surface area contributed by atoms with Crippen LogP contribution in [0.2, 0.25) is 0 Å². The summed E-state index contributed by atoms with van der Waals surface area (Å²) in [6.07, 6.45) is 2.95. The number of rotatable bonds is 4.